The van der Waals surface area contributed by atoms with E-state index in [-0.39, 0.29) is 37.3 Å². The maximum Gasteiger partial charge on any atom is 0.257 e. The number of nitrogens with one attached hydrogen (secondary N) is 2. The monoisotopic (exact) mass is 436 g/mol. The number of aryl methyl sites for hydroxylation is 1. The summed E-state index contributed by atoms with van der Waals surface area (Å²) in [5.74, 6) is 0.383. The van der Waals surface area contributed by atoms with Gasteiger partial charge in [-0.1, -0.05) is 18.2 Å². The van der Waals surface area contributed by atoms with Crippen LogP contribution in [0.5, 0.6) is 5.75 Å². The van der Waals surface area contributed by atoms with Crippen molar-refractivity contribution in [3.63, 3.8) is 0 Å². The van der Waals surface area contributed by atoms with Crippen LogP contribution in [0.4, 0.5) is 11.4 Å². The van der Waals surface area contributed by atoms with Gasteiger partial charge < -0.3 is 25.2 Å². The first-order chi connectivity index (χ1) is 15.6. The van der Waals surface area contributed by atoms with Crippen molar-refractivity contribution in [2.45, 2.75) is 19.3 Å². The van der Waals surface area contributed by atoms with Gasteiger partial charge in [-0.25, -0.2) is 0 Å². The van der Waals surface area contributed by atoms with Gasteiger partial charge in [-0.05, 0) is 42.3 Å². The van der Waals surface area contributed by atoms with Gasteiger partial charge in [-0.2, -0.15) is 0 Å². The zero-order valence-corrected chi connectivity index (χ0v) is 18.0. The third-order valence-electron chi connectivity index (χ3n) is 5.76. The normalized spacial score (nSPS) is 15.6. The van der Waals surface area contributed by atoms with Gasteiger partial charge in [0.15, 0.2) is 6.61 Å². The van der Waals surface area contributed by atoms with Crippen LogP contribution in [0.2, 0.25) is 0 Å². The van der Waals surface area contributed by atoms with Crippen molar-refractivity contribution in [1.29, 1.82) is 0 Å². The number of carbonyl (C=O) groups is 3. The molecule has 0 unspecified atom stereocenters. The zero-order chi connectivity index (χ0) is 22.3. The molecule has 32 heavy (non-hydrogen) atoms. The van der Waals surface area contributed by atoms with Crippen molar-refractivity contribution in [2.75, 3.05) is 49.5 Å². The molecule has 0 bridgehead atoms. The summed E-state index contributed by atoms with van der Waals surface area (Å²) in [5, 5.41) is 5.56. The summed E-state index contributed by atoms with van der Waals surface area (Å²) in [5.41, 5.74) is 2.97. The Kier molecular flexibility index (Phi) is 6.89. The van der Waals surface area contributed by atoms with Crippen molar-refractivity contribution < 1.29 is 19.1 Å². The van der Waals surface area contributed by atoms with E-state index in [0.717, 1.165) is 24.3 Å². The maximum atomic E-state index is 12.5. The Morgan fingerprint density at radius 3 is 2.56 bits per heavy atom. The van der Waals surface area contributed by atoms with Crippen LogP contribution >= 0.6 is 0 Å². The van der Waals surface area contributed by atoms with Crippen molar-refractivity contribution >= 4 is 29.1 Å². The first kappa shape index (κ1) is 21.7. The lowest BCUT2D eigenvalue weighted by Gasteiger charge is -2.36. The lowest BCUT2D eigenvalue weighted by atomic mass is 10.0. The number of ether oxygens (including phenoxy) is 1. The summed E-state index contributed by atoms with van der Waals surface area (Å²) < 4.78 is 5.56. The molecular formula is C24H28N4O4. The van der Waals surface area contributed by atoms with Crippen molar-refractivity contribution in [2.24, 2.45) is 0 Å². The number of nitrogens with zero attached hydrogens (tertiary/aromatic N) is 2. The summed E-state index contributed by atoms with van der Waals surface area (Å²) in [7, 11) is 0. The van der Waals surface area contributed by atoms with Crippen LogP contribution < -0.4 is 20.3 Å². The molecule has 1 fully saturated rings. The largest absolute Gasteiger partial charge is 0.484 e. The number of carbonyl (C=O) groups excluding carboxylic acids is 3. The Labute approximate surface area is 187 Å². The van der Waals surface area contributed by atoms with Gasteiger partial charge in [0.2, 0.25) is 11.8 Å². The Morgan fingerprint density at radius 2 is 1.78 bits per heavy atom. The standard InChI is InChI=1S/C24H28N4O4/c29-22-9-6-18-16-20(7-8-21(18)26-22)32-17-23(30)25-11-10-24(31)28-14-12-27(13-15-28)19-4-2-1-3-5-19/h1-5,7-8,16H,6,9-15,17H2,(H,25,30)(H,26,29). The molecule has 2 aromatic carbocycles. The van der Waals surface area contributed by atoms with Gasteiger partial charge >= 0.3 is 0 Å². The second-order valence-electron chi connectivity index (χ2n) is 7.96. The van der Waals surface area contributed by atoms with E-state index in [4.69, 9.17) is 4.74 Å². The number of fused-ring (bicyclic) bond motifs is 1. The van der Waals surface area contributed by atoms with Crippen LogP contribution in [0.25, 0.3) is 0 Å². The van der Waals surface area contributed by atoms with Crippen LogP contribution in [0.1, 0.15) is 18.4 Å². The van der Waals surface area contributed by atoms with Crippen molar-refractivity contribution in [1.82, 2.24) is 10.2 Å². The quantitative estimate of drug-likeness (QED) is 0.691. The van der Waals surface area contributed by atoms with E-state index in [2.05, 4.69) is 27.7 Å². The Morgan fingerprint density at radius 1 is 1.00 bits per heavy atom. The molecule has 0 spiro atoms. The third-order valence-corrected chi connectivity index (χ3v) is 5.76. The highest BCUT2D eigenvalue weighted by Gasteiger charge is 2.21. The number of benzene rings is 2. The summed E-state index contributed by atoms with van der Waals surface area (Å²) in [6.45, 7) is 3.15. The van der Waals surface area contributed by atoms with Gasteiger partial charge in [-0.3, -0.25) is 14.4 Å². The molecule has 2 aliphatic rings. The Balaban J connectivity index is 1.14. The minimum Gasteiger partial charge on any atom is -0.484 e. The highest BCUT2D eigenvalue weighted by Crippen LogP contribution is 2.26. The average Bonchev–Trinajstić information content (AvgIpc) is 2.83. The SMILES string of the molecule is O=C(COc1ccc2c(c1)CCC(=O)N2)NCCC(=O)N1CCN(c2ccccc2)CC1. The van der Waals surface area contributed by atoms with Gasteiger partial charge in [0, 0.05) is 56.9 Å². The van der Waals surface area contributed by atoms with Gasteiger partial charge in [0.05, 0.1) is 0 Å². The average molecular weight is 437 g/mol. The number of hydrogen-bond acceptors (Lipinski definition) is 5. The number of para-hydroxylation sites is 1. The van der Waals surface area contributed by atoms with Crippen molar-refractivity contribution in [3.8, 4) is 5.75 Å². The molecule has 2 aliphatic heterocycles. The molecule has 0 radical (unpaired) electrons. The van der Waals surface area contributed by atoms with Gasteiger partial charge in [0.1, 0.15) is 5.75 Å². The molecule has 0 aromatic heterocycles. The number of hydrogen-bond donors (Lipinski definition) is 2. The Hall–Kier alpha value is -3.55. The van der Waals surface area contributed by atoms with E-state index in [9.17, 15) is 14.4 Å². The fraction of sp³-hybridized carbons (Fsp3) is 0.375. The van der Waals surface area contributed by atoms with E-state index in [1.807, 2.05) is 29.2 Å². The van der Waals surface area contributed by atoms with E-state index >= 15 is 0 Å². The smallest absolute Gasteiger partial charge is 0.257 e. The van der Waals surface area contributed by atoms with Gasteiger partial charge in [-0.15, -0.1) is 0 Å². The lowest BCUT2D eigenvalue weighted by Crippen LogP contribution is -2.49. The molecule has 1 saturated heterocycles. The fourth-order valence-electron chi connectivity index (χ4n) is 3.97. The molecule has 2 aromatic rings. The zero-order valence-electron chi connectivity index (χ0n) is 18.0. The highest BCUT2D eigenvalue weighted by molar-refractivity contribution is 5.94. The molecule has 168 valence electrons. The van der Waals surface area contributed by atoms with Gasteiger partial charge in [0.25, 0.3) is 5.91 Å². The molecule has 4 rings (SSSR count). The van der Waals surface area contributed by atoms with E-state index in [1.165, 1.54) is 5.69 Å². The number of rotatable bonds is 7. The summed E-state index contributed by atoms with van der Waals surface area (Å²) in [6.07, 6.45) is 1.38. The van der Waals surface area contributed by atoms with E-state index in [0.29, 0.717) is 31.7 Å². The molecule has 0 aliphatic carbocycles. The lowest BCUT2D eigenvalue weighted by molar-refractivity contribution is -0.131. The van der Waals surface area contributed by atoms with Crippen molar-refractivity contribution in [3.05, 3.63) is 54.1 Å². The summed E-state index contributed by atoms with van der Waals surface area (Å²) >= 11 is 0. The molecule has 8 heteroatoms. The minimum atomic E-state index is -0.266. The van der Waals surface area contributed by atoms with E-state index in [1.54, 1.807) is 12.1 Å². The fourth-order valence-corrected chi connectivity index (χ4v) is 3.97. The summed E-state index contributed by atoms with van der Waals surface area (Å²) in [6, 6.07) is 15.6. The molecule has 2 N–H and O–H groups in total. The molecule has 3 amide bonds. The topological polar surface area (TPSA) is 91.0 Å². The number of amides is 3. The first-order valence-corrected chi connectivity index (χ1v) is 11.0. The van der Waals surface area contributed by atoms with Crippen LogP contribution in [0.15, 0.2) is 48.5 Å². The second kappa shape index (κ2) is 10.2. The molecule has 8 nitrogen and oxygen atoms in total. The maximum absolute atomic E-state index is 12.5. The first-order valence-electron chi connectivity index (χ1n) is 11.0. The van der Waals surface area contributed by atoms with Crippen LogP contribution in [0, 0.1) is 0 Å². The second-order valence-corrected chi connectivity index (χ2v) is 7.96. The third kappa shape index (κ3) is 5.57. The molecule has 0 atom stereocenters. The predicted octanol–water partition coefficient (Wildman–Crippen LogP) is 1.81. The number of anilines is 2. The molecular weight excluding hydrogens is 408 g/mol. The van der Waals surface area contributed by atoms with Crippen LogP contribution in [-0.2, 0) is 20.8 Å². The molecule has 2 heterocycles. The minimum absolute atomic E-state index is 0.0122. The summed E-state index contributed by atoms with van der Waals surface area (Å²) in [4.78, 5) is 40.1. The van der Waals surface area contributed by atoms with Crippen LogP contribution in [-0.4, -0.2) is 62.0 Å². The molecule has 0 saturated carbocycles. The van der Waals surface area contributed by atoms with E-state index < -0.39 is 0 Å². The number of piperazine rings is 1. The van der Waals surface area contributed by atoms with Crippen LogP contribution in [0.3, 0.4) is 0 Å². The Bertz CT molecular complexity index is 971. The highest BCUT2D eigenvalue weighted by atomic mass is 16.5. The predicted molar refractivity (Wildman–Crippen MR) is 122 cm³/mol.